The third-order valence-electron chi connectivity index (χ3n) is 4.63. The summed E-state index contributed by atoms with van der Waals surface area (Å²) in [4.78, 5) is 19.1. The molecule has 1 heterocycles. The van der Waals surface area contributed by atoms with Crippen LogP contribution in [0.25, 0.3) is 0 Å². The molecule has 2 N–H and O–H groups in total. The lowest BCUT2D eigenvalue weighted by atomic mass is 9.85. The molecular formula is C18H31N5O. The second-order valence-electron chi connectivity index (χ2n) is 6.73. The summed E-state index contributed by atoms with van der Waals surface area (Å²) in [5.41, 5.74) is -0.313. The molecule has 1 aliphatic carbocycles. The zero-order valence-electron chi connectivity index (χ0n) is 15.2. The SMILES string of the molecule is CCNC(=NCC1(C(=O)N(C)C)CCCC1)NCCn1cccc1. The third-order valence-corrected chi connectivity index (χ3v) is 4.63. The van der Waals surface area contributed by atoms with Gasteiger partial charge in [0.2, 0.25) is 5.91 Å². The molecule has 24 heavy (non-hydrogen) atoms. The fourth-order valence-corrected chi connectivity index (χ4v) is 3.36. The first-order chi connectivity index (χ1) is 11.6. The quantitative estimate of drug-likeness (QED) is 0.590. The van der Waals surface area contributed by atoms with Gasteiger partial charge in [-0.15, -0.1) is 0 Å². The molecule has 134 valence electrons. The van der Waals surface area contributed by atoms with Crippen LogP contribution in [0.5, 0.6) is 0 Å². The third kappa shape index (κ3) is 4.76. The number of nitrogens with zero attached hydrogens (tertiary/aromatic N) is 3. The van der Waals surface area contributed by atoms with Crippen LogP contribution in [0, 0.1) is 5.41 Å². The van der Waals surface area contributed by atoms with Crippen molar-refractivity contribution in [3.8, 4) is 0 Å². The summed E-state index contributed by atoms with van der Waals surface area (Å²) >= 11 is 0. The van der Waals surface area contributed by atoms with Gasteiger partial charge in [-0.3, -0.25) is 9.79 Å². The van der Waals surface area contributed by atoms with Gasteiger partial charge in [0.25, 0.3) is 0 Å². The number of carbonyl (C=O) groups is 1. The Hall–Kier alpha value is -1.98. The first-order valence-electron chi connectivity index (χ1n) is 8.92. The van der Waals surface area contributed by atoms with Gasteiger partial charge in [-0.05, 0) is 31.9 Å². The Morgan fingerprint density at radius 1 is 1.21 bits per heavy atom. The smallest absolute Gasteiger partial charge is 0.230 e. The van der Waals surface area contributed by atoms with Crippen LogP contribution in [-0.4, -0.2) is 55.1 Å². The van der Waals surface area contributed by atoms with Crippen molar-refractivity contribution in [2.75, 3.05) is 33.7 Å². The number of amides is 1. The number of rotatable bonds is 7. The zero-order chi connectivity index (χ0) is 17.4. The lowest BCUT2D eigenvalue weighted by Gasteiger charge is -2.29. The van der Waals surface area contributed by atoms with Gasteiger partial charge in [-0.2, -0.15) is 0 Å². The van der Waals surface area contributed by atoms with E-state index in [4.69, 9.17) is 4.99 Å². The monoisotopic (exact) mass is 333 g/mol. The molecule has 0 spiro atoms. The molecule has 0 unspecified atom stereocenters. The van der Waals surface area contributed by atoms with Gasteiger partial charge in [0.15, 0.2) is 5.96 Å². The van der Waals surface area contributed by atoms with E-state index in [0.717, 1.165) is 51.3 Å². The van der Waals surface area contributed by atoms with Gasteiger partial charge in [0.1, 0.15) is 0 Å². The van der Waals surface area contributed by atoms with Crippen LogP contribution in [0.2, 0.25) is 0 Å². The number of hydrogen-bond acceptors (Lipinski definition) is 2. The van der Waals surface area contributed by atoms with E-state index >= 15 is 0 Å². The van der Waals surface area contributed by atoms with Crippen molar-refractivity contribution in [2.24, 2.45) is 10.4 Å². The number of guanidine groups is 1. The zero-order valence-corrected chi connectivity index (χ0v) is 15.2. The number of nitrogens with one attached hydrogen (secondary N) is 2. The van der Waals surface area contributed by atoms with Gasteiger partial charge >= 0.3 is 0 Å². The van der Waals surface area contributed by atoms with Crippen molar-refractivity contribution in [1.29, 1.82) is 0 Å². The molecule has 1 amide bonds. The molecule has 0 saturated heterocycles. The minimum Gasteiger partial charge on any atom is -0.357 e. The molecule has 0 aromatic carbocycles. The van der Waals surface area contributed by atoms with E-state index in [1.807, 2.05) is 26.2 Å². The van der Waals surface area contributed by atoms with Crippen molar-refractivity contribution in [1.82, 2.24) is 20.1 Å². The molecular weight excluding hydrogens is 302 g/mol. The average Bonchev–Trinajstić information content (AvgIpc) is 3.24. The van der Waals surface area contributed by atoms with Gasteiger partial charge in [0.05, 0.1) is 12.0 Å². The molecule has 0 atom stereocenters. The predicted octanol–water partition coefficient (Wildman–Crippen LogP) is 1.69. The molecule has 0 aliphatic heterocycles. The molecule has 2 rings (SSSR count). The summed E-state index contributed by atoms with van der Waals surface area (Å²) in [7, 11) is 3.68. The summed E-state index contributed by atoms with van der Waals surface area (Å²) in [6.07, 6.45) is 8.22. The maximum absolute atomic E-state index is 12.6. The summed E-state index contributed by atoms with van der Waals surface area (Å²) in [5, 5.41) is 6.64. The van der Waals surface area contributed by atoms with Crippen LogP contribution >= 0.6 is 0 Å². The van der Waals surface area contributed by atoms with Crippen molar-refractivity contribution >= 4 is 11.9 Å². The number of hydrogen-bond donors (Lipinski definition) is 2. The summed E-state index contributed by atoms with van der Waals surface area (Å²) in [6, 6.07) is 4.05. The Bertz CT molecular complexity index is 530. The topological polar surface area (TPSA) is 61.7 Å². The van der Waals surface area contributed by atoms with Crippen LogP contribution in [-0.2, 0) is 11.3 Å². The Kier molecular flexibility index (Phi) is 6.70. The second-order valence-corrected chi connectivity index (χ2v) is 6.73. The molecule has 1 saturated carbocycles. The first-order valence-corrected chi connectivity index (χ1v) is 8.92. The highest BCUT2D eigenvalue weighted by Gasteiger charge is 2.41. The molecule has 1 aliphatic rings. The Labute approximate surface area is 145 Å². The molecule has 6 heteroatoms. The predicted molar refractivity (Wildman–Crippen MR) is 98.0 cm³/mol. The highest BCUT2D eigenvalue weighted by atomic mass is 16.2. The molecule has 1 fully saturated rings. The van der Waals surface area contributed by atoms with Gasteiger partial charge in [-0.1, -0.05) is 12.8 Å². The average molecular weight is 333 g/mol. The van der Waals surface area contributed by atoms with Crippen molar-refractivity contribution < 1.29 is 4.79 Å². The molecule has 6 nitrogen and oxygen atoms in total. The first kappa shape index (κ1) is 18.4. The summed E-state index contributed by atoms with van der Waals surface area (Å²) in [6.45, 7) is 5.11. The number of carbonyl (C=O) groups excluding carboxylic acids is 1. The van der Waals surface area contributed by atoms with E-state index in [1.54, 1.807) is 4.90 Å². The fourth-order valence-electron chi connectivity index (χ4n) is 3.36. The van der Waals surface area contributed by atoms with E-state index in [1.165, 1.54) is 0 Å². The maximum Gasteiger partial charge on any atom is 0.230 e. The molecule has 1 aromatic rings. The minimum atomic E-state index is -0.313. The Balaban J connectivity index is 1.96. The van der Waals surface area contributed by atoms with E-state index in [2.05, 4.69) is 34.5 Å². The molecule has 1 aromatic heterocycles. The summed E-state index contributed by atoms with van der Waals surface area (Å²) < 4.78 is 2.13. The highest BCUT2D eigenvalue weighted by Crippen LogP contribution is 2.39. The normalized spacial score (nSPS) is 16.9. The van der Waals surface area contributed by atoms with Crippen LogP contribution in [0.3, 0.4) is 0 Å². The van der Waals surface area contributed by atoms with Gasteiger partial charge in [-0.25, -0.2) is 0 Å². The lowest BCUT2D eigenvalue weighted by molar-refractivity contribution is -0.138. The Morgan fingerprint density at radius 3 is 2.46 bits per heavy atom. The minimum absolute atomic E-state index is 0.215. The van der Waals surface area contributed by atoms with E-state index in [9.17, 15) is 4.79 Å². The van der Waals surface area contributed by atoms with Crippen LogP contribution < -0.4 is 10.6 Å². The van der Waals surface area contributed by atoms with E-state index in [-0.39, 0.29) is 11.3 Å². The number of aromatic nitrogens is 1. The van der Waals surface area contributed by atoms with Crippen molar-refractivity contribution in [3.63, 3.8) is 0 Å². The molecule has 0 bridgehead atoms. The van der Waals surface area contributed by atoms with Crippen molar-refractivity contribution in [3.05, 3.63) is 24.5 Å². The highest BCUT2D eigenvalue weighted by molar-refractivity contribution is 5.84. The van der Waals surface area contributed by atoms with Gasteiger partial charge in [0, 0.05) is 46.1 Å². The Morgan fingerprint density at radius 2 is 1.88 bits per heavy atom. The van der Waals surface area contributed by atoms with E-state index < -0.39 is 0 Å². The van der Waals surface area contributed by atoms with Crippen molar-refractivity contribution in [2.45, 2.75) is 39.2 Å². The molecule has 0 radical (unpaired) electrons. The van der Waals surface area contributed by atoms with Crippen LogP contribution in [0.15, 0.2) is 29.5 Å². The van der Waals surface area contributed by atoms with Crippen LogP contribution in [0.1, 0.15) is 32.6 Å². The van der Waals surface area contributed by atoms with E-state index in [0.29, 0.717) is 6.54 Å². The maximum atomic E-state index is 12.6. The number of aliphatic imine (C=N–C) groups is 1. The second kappa shape index (κ2) is 8.76. The fraction of sp³-hybridized carbons (Fsp3) is 0.667. The summed E-state index contributed by atoms with van der Waals surface area (Å²) in [5.74, 6) is 1.01. The lowest BCUT2D eigenvalue weighted by Crippen LogP contribution is -2.43. The van der Waals surface area contributed by atoms with Gasteiger partial charge < -0.3 is 20.1 Å². The standard InChI is InChI=1S/C18H31N5O/c1-4-19-17(20-11-14-23-12-7-8-13-23)21-15-18(9-5-6-10-18)16(24)22(2)3/h7-8,12-13H,4-6,9-11,14-15H2,1-3H3,(H2,19,20,21). The largest absolute Gasteiger partial charge is 0.357 e. The van der Waals surface area contributed by atoms with Crippen LogP contribution in [0.4, 0.5) is 0 Å².